The molecule has 0 atom stereocenters. The zero-order valence-corrected chi connectivity index (χ0v) is 17.0. The fourth-order valence-corrected chi connectivity index (χ4v) is 2.63. The molecular formula is C19H39F2NO3. The third-order valence-electron chi connectivity index (χ3n) is 3.99. The minimum Gasteiger partial charge on any atom is -0.375 e. The van der Waals surface area contributed by atoms with Crippen molar-refractivity contribution in [1.29, 1.82) is 0 Å². The number of ether oxygens (including phenoxy) is 3. The largest absolute Gasteiger partial charge is 0.375 e. The van der Waals surface area contributed by atoms with Crippen LogP contribution in [0.2, 0.25) is 0 Å². The molecule has 2 fully saturated rings. The standard InChI is InChI=1S/C15H27F2NO3.2C2H6/c1-12-6-13(7-12)21-11-15(16,17)10-19-4-3-5-20-14-8-18(2)9-14;2*1-2/h12-14H,3-11H2,1-2H3;2*1-2H3. The lowest BCUT2D eigenvalue weighted by Crippen LogP contribution is -2.49. The Balaban J connectivity index is 0.00000134. The Hall–Kier alpha value is -0.300. The summed E-state index contributed by atoms with van der Waals surface area (Å²) in [7, 11) is 2.04. The van der Waals surface area contributed by atoms with Gasteiger partial charge in [0.05, 0.1) is 12.2 Å². The van der Waals surface area contributed by atoms with Crippen LogP contribution in [0.1, 0.15) is 53.9 Å². The first kappa shape index (κ1) is 24.7. The van der Waals surface area contributed by atoms with Crippen molar-refractivity contribution in [2.75, 3.05) is 46.6 Å². The van der Waals surface area contributed by atoms with Crippen LogP contribution in [0.15, 0.2) is 0 Å². The number of likely N-dealkylation sites (N-methyl/N-ethyl adjacent to an activating group) is 1. The van der Waals surface area contributed by atoms with Crippen LogP contribution in [0.3, 0.4) is 0 Å². The third-order valence-corrected chi connectivity index (χ3v) is 3.99. The van der Waals surface area contributed by atoms with Crippen LogP contribution < -0.4 is 0 Å². The van der Waals surface area contributed by atoms with Crippen LogP contribution in [0, 0.1) is 5.92 Å². The van der Waals surface area contributed by atoms with Crippen LogP contribution in [-0.4, -0.2) is 69.6 Å². The Kier molecular flexibility index (Phi) is 13.7. The molecule has 1 saturated heterocycles. The van der Waals surface area contributed by atoms with Gasteiger partial charge in [-0.1, -0.05) is 34.6 Å². The van der Waals surface area contributed by atoms with E-state index < -0.39 is 19.1 Å². The number of halogens is 2. The molecule has 0 amide bonds. The monoisotopic (exact) mass is 367 g/mol. The van der Waals surface area contributed by atoms with Gasteiger partial charge in [0.25, 0.3) is 5.92 Å². The van der Waals surface area contributed by atoms with E-state index in [1.54, 1.807) is 0 Å². The summed E-state index contributed by atoms with van der Waals surface area (Å²) in [5, 5.41) is 0. The smallest absolute Gasteiger partial charge is 0.293 e. The molecule has 0 radical (unpaired) electrons. The summed E-state index contributed by atoms with van der Waals surface area (Å²) >= 11 is 0. The van der Waals surface area contributed by atoms with Gasteiger partial charge in [0.2, 0.25) is 0 Å². The molecule has 6 heteroatoms. The highest BCUT2D eigenvalue weighted by Crippen LogP contribution is 2.30. The molecule has 1 aliphatic carbocycles. The predicted molar refractivity (Wildman–Crippen MR) is 98.5 cm³/mol. The van der Waals surface area contributed by atoms with Crippen LogP contribution in [0.5, 0.6) is 0 Å². The molecule has 0 aromatic heterocycles. The second-order valence-corrected chi connectivity index (χ2v) is 6.49. The van der Waals surface area contributed by atoms with Crippen LogP contribution in [-0.2, 0) is 14.2 Å². The summed E-state index contributed by atoms with van der Waals surface area (Å²) < 4.78 is 42.8. The average molecular weight is 368 g/mol. The summed E-state index contributed by atoms with van der Waals surface area (Å²) in [6.45, 7) is 11.8. The van der Waals surface area contributed by atoms with Gasteiger partial charge in [0.1, 0.15) is 13.2 Å². The summed E-state index contributed by atoms with van der Waals surface area (Å²) in [6, 6.07) is 0. The van der Waals surface area contributed by atoms with Crippen molar-refractivity contribution in [2.24, 2.45) is 5.92 Å². The average Bonchev–Trinajstić information content (AvgIpc) is 2.55. The van der Waals surface area contributed by atoms with Gasteiger partial charge in [0.15, 0.2) is 0 Å². The predicted octanol–water partition coefficient (Wildman–Crippen LogP) is 4.23. The van der Waals surface area contributed by atoms with Crippen molar-refractivity contribution >= 4 is 0 Å². The lowest BCUT2D eigenvalue weighted by molar-refractivity contribution is -0.154. The first-order chi connectivity index (χ1) is 11.9. The van der Waals surface area contributed by atoms with E-state index in [-0.39, 0.29) is 6.10 Å². The third kappa shape index (κ3) is 11.1. The first-order valence-electron chi connectivity index (χ1n) is 9.82. The van der Waals surface area contributed by atoms with Crippen molar-refractivity contribution in [2.45, 2.75) is 72.0 Å². The highest BCUT2D eigenvalue weighted by Gasteiger charge is 2.34. The van der Waals surface area contributed by atoms with Gasteiger partial charge in [-0.25, -0.2) is 8.78 Å². The van der Waals surface area contributed by atoms with Crippen molar-refractivity contribution in [3.05, 3.63) is 0 Å². The molecule has 0 spiro atoms. The Morgan fingerprint density at radius 2 is 1.52 bits per heavy atom. The summed E-state index contributed by atoms with van der Waals surface area (Å²) in [6.07, 6.45) is 2.75. The lowest BCUT2D eigenvalue weighted by atomic mass is 9.84. The SMILES string of the molecule is CC.CC.CC1CC(OCC(F)(F)COCCCOC2CN(C)C2)C1. The minimum absolute atomic E-state index is 0.0138. The summed E-state index contributed by atoms with van der Waals surface area (Å²) in [5.41, 5.74) is 0. The summed E-state index contributed by atoms with van der Waals surface area (Å²) in [4.78, 5) is 2.17. The zero-order valence-electron chi connectivity index (χ0n) is 17.0. The van der Waals surface area contributed by atoms with Gasteiger partial charge in [-0.3, -0.25) is 0 Å². The van der Waals surface area contributed by atoms with E-state index in [0.29, 0.717) is 31.7 Å². The molecule has 0 bridgehead atoms. The van der Waals surface area contributed by atoms with Gasteiger partial charge in [-0.05, 0) is 32.2 Å². The van der Waals surface area contributed by atoms with Crippen molar-refractivity contribution < 1.29 is 23.0 Å². The molecule has 0 aromatic carbocycles. The van der Waals surface area contributed by atoms with Gasteiger partial charge in [-0.15, -0.1) is 0 Å². The molecule has 4 nitrogen and oxygen atoms in total. The van der Waals surface area contributed by atoms with E-state index in [9.17, 15) is 8.78 Å². The molecular weight excluding hydrogens is 328 g/mol. The molecule has 1 saturated carbocycles. The normalized spacial score (nSPS) is 23.5. The number of hydrogen-bond donors (Lipinski definition) is 0. The molecule has 0 N–H and O–H groups in total. The molecule has 25 heavy (non-hydrogen) atoms. The maximum absolute atomic E-state index is 13.5. The van der Waals surface area contributed by atoms with E-state index in [0.717, 1.165) is 25.9 Å². The van der Waals surface area contributed by atoms with E-state index >= 15 is 0 Å². The highest BCUT2D eigenvalue weighted by atomic mass is 19.3. The van der Waals surface area contributed by atoms with Gasteiger partial charge in [0, 0.05) is 26.3 Å². The van der Waals surface area contributed by atoms with Crippen LogP contribution in [0.4, 0.5) is 8.78 Å². The number of hydrogen-bond acceptors (Lipinski definition) is 4. The molecule has 2 aliphatic rings. The Labute approximate surface area is 153 Å². The van der Waals surface area contributed by atoms with E-state index in [2.05, 4.69) is 11.8 Å². The summed E-state index contributed by atoms with van der Waals surface area (Å²) in [5.74, 6) is -2.29. The van der Waals surface area contributed by atoms with Crippen molar-refractivity contribution in [1.82, 2.24) is 4.90 Å². The maximum atomic E-state index is 13.5. The molecule has 152 valence electrons. The first-order valence-corrected chi connectivity index (χ1v) is 9.82. The maximum Gasteiger partial charge on any atom is 0.293 e. The lowest BCUT2D eigenvalue weighted by Gasteiger charge is -2.35. The molecule has 2 rings (SSSR count). The van der Waals surface area contributed by atoms with E-state index in [1.165, 1.54) is 0 Å². The van der Waals surface area contributed by atoms with Crippen molar-refractivity contribution in [3.8, 4) is 0 Å². The Bertz CT molecular complexity index is 307. The molecule has 0 aromatic rings. The van der Waals surface area contributed by atoms with Crippen LogP contribution in [0.25, 0.3) is 0 Å². The van der Waals surface area contributed by atoms with Gasteiger partial charge >= 0.3 is 0 Å². The number of alkyl halides is 2. The van der Waals surface area contributed by atoms with Gasteiger partial charge < -0.3 is 19.1 Å². The van der Waals surface area contributed by atoms with E-state index in [4.69, 9.17) is 14.2 Å². The van der Waals surface area contributed by atoms with Gasteiger partial charge in [-0.2, -0.15) is 0 Å². The number of nitrogens with zero attached hydrogens (tertiary/aromatic N) is 1. The second kappa shape index (κ2) is 13.8. The fourth-order valence-electron chi connectivity index (χ4n) is 2.63. The molecule has 0 unspecified atom stereocenters. The molecule has 1 aliphatic heterocycles. The Morgan fingerprint density at radius 1 is 0.920 bits per heavy atom. The minimum atomic E-state index is -2.89. The highest BCUT2D eigenvalue weighted by molar-refractivity contribution is 4.78. The van der Waals surface area contributed by atoms with E-state index in [1.807, 2.05) is 34.7 Å². The van der Waals surface area contributed by atoms with Crippen molar-refractivity contribution in [3.63, 3.8) is 0 Å². The number of likely N-dealkylation sites (tertiary alicyclic amines) is 1. The fraction of sp³-hybridized carbons (Fsp3) is 1.00. The second-order valence-electron chi connectivity index (χ2n) is 6.49. The Morgan fingerprint density at radius 3 is 2.04 bits per heavy atom. The van der Waals surface area contributed by atoms with Crippen LogP contribution >= 0.6 is 0 Å². The number of rotatable bonds is 10. The zero-order chi connectivity index (χ0) is 19.3. The molecule has 1 heterocycles. The quantitative estimate of drug-likeness (QED) is 0.541. The topological polar surface area (TPSA) is 30.9 Å².